The summed E-state index contributed by atoms with van der Waals surface area (Å²) in [4.78, 5) is 25.4. The number of nitriles is 1. The lowest BCUT2D eigenvalue weighted by Crippen LogP contribution is -2.33. The molecule has 1 aromatic rings. The molecule has 2 rings (SSSR count). The minimum Gasteiger partial charge on any atom is -0.343 e. The van der Waals surface area contributed by atoms with E-state index in [1.54, 1.807) is 4.90 Å². The molecule has 0 radical (unpaired) electrons. The Kier molecular flexibility index (Phi) is 3.81. The highest BCUT2D eigenvalue weighted by molar-refractivity contribution is 6.00. The van der Waals surface area contributed by atoms with Gasteiger partial charge in [0.1, 0.15) is 6.54 Å². The van der Waals surface area contributed by atoms with E-state index in [-0.39, 0.29) is 30.7 Å². The van der Waals surface area contributed by atoms with E-state index < -0.39 is 0 Å². The molecule has 1 aliphatic rings. The first-order valence-corrected chi connectivity index (χ1v) is 6.14. The molecule has 1 aromatic carbocycles. The maximum Gasteiger partial charge on any atom is 0.227 e. The van der Waals surface area contributed by atoms with E-state index in [0.717, 1.165) is 11.3 Å². The molecule has 0 saturated carbocycles. The number of hydrogen-bond acceptors (Lipinski definition) is 3. The molecule has 5 nitrogen and oxygen atoms in total. The van der Waals surface area contributed by atoms with Gasteiger partial charge in [-0.1, -0.05) is 18.2 Å². The zero-order valence-corrected chi connectivity index (χ0v) is 10.7. The summed E-state index contributed by atoms with van der Waals surface area (Å²) in [5.74, 6) is -0.655. The standard InChI is InChI=1S/C14H15N3O2/c1-10-4-2-3-5-12(10)17-9-11(8-13(17)18)14(19)16-7-6-15/h2-5,11H,7-9H2,1H3,(H,16,19)/t11-/m1/s1. The summed E-state index contributed by atoms with van der Waals surface area (Å²) in [7, 11) is 0. The van der Waals surface area contributed by atoms with E-state index in [9.17, 15) is 9.59 Å². The highest BCUT2D eigenvalue weighted by Crippen LogP contribution is 2.27. The summed E-state index contributed by atoms with van der Waals surface area (Å²) < 4.78 is 0. The molecule has 2 amide bonds. The number of aryl methyl sites for hydroxylation is 1. The van der Waals surface area contributed by atoms with E-state index in [4.69, 9.17) is 5.26 Å². The number of benzene rings is 1. The molecule has 1 atom stereocenters. The Hall–Kier alpha value is -2.35. The summed E-state index contributed by atoms with van der Waals surface area (Å²) >= 11 is 0. The fourth-order valence-electron chi connectivity index (χ4n) is 2.25. The van der Waals surface area contributed by atoms with Gasteiger partial charge in [0, 0.05) is 18.7 Å². The predicted molar refractivity (Wildman–Crippen MR) is 70.3 cm³/mol. The number of amides is 2. The monoisotopic (exact) mass is 257 g/mol. The van der Waals surface area contributed by atoms with Crippen molar-refractivity contribution in [2.75, 3.05) is 18.0 Å². The van der Waals surface area contributed by atoms with Crippen LogP contribution in [0, 0.1) is 24.2 Å². The lowest BCUT2D eigenvalue weighted by Gasteiger charge is -2.18. The van der Waals surface area contributed by atoms with Crippen LogP contribution in [-0.2, 0) is 9.59 Å². The maximum atomic E-state index is 12.0. The lowest BCUT2D eigenvalue weighted by molar-refractivity contribution is -0.126. The normalized spacial score (nSPS) is 18.2. The Morgan fingerprint density at radius 2 is 2.26 bits per heavy atom. The number of carbonyl (C=O) groups is 2. The molecule has 0 aliphatic carbocycles. The number of para-hydroxylation sites is 1. The third kappa shape index (κ3) is 2.74. The van der Waals surface area contributed by atoms with Crippen LogP contribution in [0.4, 0.5) is 5.69 Å². The molecule has 0 bridgehead atoms. The molecule has 1 saturated heterocycles. The van der Waals surface area contributed by atoms with Gasteiger partial charge in [-0.2, -0.15) is 5.26 Å². The first-order chi connectivity index (χ1) is 9.13. The van der Waals surface area contributed by atoms with Gasteiger partial charge in [-0.15, -0.1) is 0 Å². The van der Waals surface area contributed by atoms with Crippen LogP contribution in [0.25, 0.3) is 0 Å². The summed E-state index contributed by atoms with van der Waals surface area (Å²) in [6.07, 6.45) is 0.200. The van der Waals surface area contributed by atoms with Crippen LogP contribution in [0.2, 0.25) is 0 Å². The van der Waals surface area contributed by atoms with Gasteiger partial charge in [0.15, 0.2) is 0 Å². The van der Waals surface area contributed by atoms with Gasteiger partial charge in [0.25, 0.3) is 0 Å². The van der Waals surface area contributed by atoms with Gasteiger partial charge in [0.2, 0.25) is 11.8 Å². The zero-order valence-electron chi connectivity index (χ0n) is 10.7. The van der Waals surface area contributed by atoms with Crippen LogP contribution in [0.5, 0.6) is 0 Å². The Labute approximate surface area is 111 Å². The maximum absolute atomic E-state index is 12.0. The molecule has 0 spiro atoms. The van der Waals surface area contributed by atoms with E-state index in [1.807, 2.05) is 37.3 Å². The molecule has 98 valence electrons. The molecule has 1 N–H and O–H groups in total. The van der Waals surface area contributed by atoms with E-state index >= 15 is 0 Å². The van der Waals surface area contributed by atoms with Gasteiger partial charge in [0.05, 0.1) is 12.0 Å². The number of nitrogens with one attached hydrogen (secondary N) is 1. The van der Waals surface area contributed by atoms with Crippen molar-refractivity contribution >= 4 is 17.5 Å². The number of anilines is 1. The fraction of sp³-hybridized carbons (Fsp3) is 0.357. The van der Waals surface area contributed by atoms with Crippen LogP contribution >= 0.6 is 0 Å². The summed E-state index contributed by atoms with van der Waals surface area (Å²) in [6, 6.07) is 9.46. The minimum atomic E-state index is -0.375. The summed E-state index contributed by atoms with van der Waals surface area (Å²) in [5, 5.41) is 10.9. The van der Waals surface area contributed by atoms with Gasteiger partial charge < -0.3 is 10.2 Å². The second-order valence-electron chi connectivity index (χ2n) is 4.57. The van der Waals surface area contributed by atoms with E-state index in [1.165, 1.54) is 0 Å². The van der Waals surface area contributed by atoms with Crippen molar-refractivity contribution in [1.29, 1.82) is 5.26 Å². The highest BCUT2D eigenvalue weighted by atomic mass is 16.2. The minimum absolute atomic E-state index is 0.0200. The van der Waals surface area contributed by atoms with Crippen LogP contribution in [0.15, 0.2) is 24.3 Å². The lowest BCUT2D eigenvalue weighted by atomic mass is 10.1. The second kappa shape index (κ2) is 5.53. The van der Waals surface area contributed by atoms with Crippen molar-refractivity contribution in [2.45, 2.75) is 13.3 Å². The number of hydrogen-bond donors (Lipinski definition) is 1. The highest BCUT2D eigenvalue weighted by Gasteiger charge is 2.35. The first-order valence-electron chi connectivity index (χ1n) is 6.14. The first kappa shape index (κ1) is 13.1. The topological polar surface area (TPSA) is 73.2 Å². The summed E-state index contributed by atoms with van der Waals surface area (Å²) in [6.45, 7) is 2.29. The van der Waals surface area contributed by atoms with Gasteiger partial charge in [-0.05, 0) is 18.6 Å². The van der Waals surface area contributed by atoms with Gasteiger partial charge in [-0.3, -0.25) is 9.59 Å². The van der Waals surface area contributed by atoms with Crippen molar-refractivity contribution in [3.05, 3.63) is 29.8 Å². The number of rotatable bonds is 3. The Bertz CT molecular complexity index is 548. The van der Waals surface area contributed by atoms with Crippen molar-refractivity contribution in [1.82, 2.24) is 5.32 Å². The molecule has 5 heteroatoms. The Morgan fingerprint density at radius 1 is 1.53 bits per heavy atom. The molecule has 1 heterocycles. The molecule has 1 fully saturated rings. The van der Waals surface area contributed by atoms with Crippen molar-refractivity contribution in [3.63, 3.8) is 0 Å². The predicted octanol–water partition coefficient (Wildman–Crippen LogP) is 0.988. The SMILES string of the molecule is Cc1ccccc1N1C[C@H](C(=O)NCC#N)CC1=O. The van der Waals surface area contributed by atoms with Gasteiger partial charge >= 0.3 is 0 Å². The third-order valence-corrected chi connectivity index (χ3v) is 3.24. The van der Waals surface area contributed by atoms with E-state index in [2.05, 4.69) is 5.32 Å². The molecule has 1 aliphatic heterocycles. The molecule has 0 unspecified atom stereocenters. The largest absolute Gasteiger partial charge is 0.343 e. The molecule has 19 heavy (non-hydrogen) atoms. The zero-order chi connectivity index (χ0) is 13.8. The number of carbonyl (C=O) groups excluding carboxylic acids is 2. The van der Waals surface area contributed by atoms with Crippen LogP contribution in [0.3, 0.4) is 0 Å². The van der Waals surface area contributed by atoms with Crippen LogP contribution in [-0.4, -0.2) is 24.9 Å². The average molecular weight is 257 g/mol. The Morgan fingerprint density at radius 3 is 2.95 bits per heavy atom. The van der Waals surface area contributed by atoms with Crippen molar-refractivity contribution in [2.24, 2.45) is 5.92 Å². The van der Waals surface area contributed by atoms with Crippen LogP contribution in [0.1, 0.15) is 12.0 Å². The summed E-state index contributed by atoms with van der Waals surface area (Å²) in [5.41, 5.74) is 1.86. The fourth-order valence-corrected chi connectivity index (χ4v) is 2.25. The quantitative estimate of drug-likeness (QED) is 0.820. The second-order valence-corrected chi connectivity index (χ2v) is 4.57. The van der Waals surface area contributed by atoms with Crippen LogP contribution < -0.4 is 10.2 Å². The molecular weight excluding hydrogens is 242 g/mol. The molecular formula is C14H15N3O2. The van der Waals surface area contributed by atoms with Crippen molar-refractivity contribution < 1.29 is 9.59 Å². The van der Waals surface area contributed by atoms with Gasteiger partial charge in [-0.25, -0.2) is 0 Å². The smallest absolute Gasteiger partial charge is 0.227 e. The number of nitrogens with zero attached hydrogens (tertiary/aromatic N) is 2. The van der Waals surface area contributed by atoms with E-state index in [0.29, 0.717) is 6.54 Å². The average Bonchev–Trinajstić information content (AvgIpc) is 2.78. The third-order valence-electron chi connectivity index (χ3n) is 3.24. The Balaban J connectivity index is 2.10. The van der Waals surface area contributed by atoms with Crippen molar-refractivity contribution in [3.8, 4) is 6.07 Å². The molecule has 0 aromatic heterocycles.